The topological polar surface area (TPSA) is 49.7 Å². The first-order valence-electron chi connectivity index (χ1n) is 3.61. The van der Waals surface area contributed by atoms with Crippen molar-refractivity contribution in [3.8, 4) is 0 Å². The summed E-state index contributed by atoms with van der Waals surface area (Å²) in [6.45, 7) is 3.70. The van der Waals surface area contributed by atoms with Crippen molar-refractivity contribution in [3.63, 3.8) is 0 Å². The fourth-order valence-electron chi connectivity index (χ4n) is 1.34. The van der Waals surface area contributed by atoms with Crippen LogP contribution in [-0.4, -0.2) is 35.1 Å². The molecule has 2 unspecified atom stereocenters. The molecule has 10 heavy (non-hydrogen) atoms. The van der Waals surface area contributed by atoms with Gasteiger partial charge in [0.25, 0.3) is 0 Å². The molecular weight excluding hydrogens is 132 g/mol. The molecule has 0 bridgehead atoms. The van der Waals surface area contributed by atoms with Crippen molar-refractivity contribution >= 4 is 0 Å². The average Bonchev–Trinajstić information content (AvgIpc) is 2.17. The van der Waals surface area contributed by atoms with Gasteiger partial charge in [-0.3, -0.25) is 0 Å². The second-order valence-corrected chi connectivity index (χ2v) is 2.91. The van der Waals surface area contributed by atoms with Gasteiger partial charge in [-0.1, -0.05) is 6.92 Å². The van der Waals surface area contributed by atoms with E-state index in [1.54, 1.807) is 0 Å². The maximum Gasteiger partial charge on any atom is 0.0861 e. The monoisotopic (exact) mass is 146 g/mol. The van der Waals surface area contributed by atoms with Crippen LogP contribution in [0.15, 0.2) is 0 Å². The zero-order valence-electron chi connectivity index (χ0n) is 6.32. The highest BCUT2D eigenvalue weighted by atomic mass is 16.5. The van der Waals surface area contributed by atoms with Crippen molar-refractivity contribution < 1.29 is 14.9 Å². The van der Waals surface area contributed by atoms with Gasteiger partial charge in [0, 0.05) is 5.92 Å². The Morgan fingerprint density at radius 3 is 2.20 bits per heavy atom. The molecule has 0 aromatic heterocycles. The number of ether oxygens (including phenoxy) is 1. The minimum atomic E-state index is -0.419. The molecule has 4 atom stereocenters. The van der Waals surface area contributed by atoms with Crippen molar-refractivity contribution in [2.75, 3.05) is 6.61 Å². The van der Waals surface area contributed by atoms with E-state index < -0.39 is 6.10 Å². The first-order valence-corrected chi connectivity index (χ1v) is 3.61. The largest absolute Gasteiger partial charge is 0.394 e. The van der Waals surface area contributed by atoms with E-state index in [0.29, 0.717) is 0 Å². The molecule has 3 heteroatoms. The number of hydrogen-bond acceptors (Lipinski definition) is 3. The summed E-state index contributed by atoms with van der Waals surface area (Å²) in [5.74, 6) is 0.0556. The van der Waals surface area contributed by atoms with Crippen molar-refractivity contribution in [1.82, 2.24) is 0 Å². The summed E-state index contributed by atoms with van der Waals surface area (Å²) < 4.78 is 5.23. The third kappa shape index (κ3) is 1.17. The predicted octanol–water partition coefficient (Wildman–Crippen LogP) is -0.237. The molecule has 0 aliphatic carbocycles. The van der Waals surface area contributed by atoms with Gasteiger partial charge in [-0.2, -0.15) is 0 Å². The molecule has 1 saturated heterocycles. The number of aliphatic hydroxyl groups is 2. The van der Waals surface area contributed by atoms with E-state index in [1.807, 2.05) is 13.8 Å². The van der Waals surface area contributed by atoms with Gasteiger partial charge in [-0.05, 0) is 6.92 Å². The molecule has 0 aromatic rings. The van der Waals surface area contributed by atoms with Crippen LogP contribution >= 0.6 is 0 Å². The maximum atomic E-state index is 9.33. The van der Waals surface area contributed by atoms with Crippen LogP contribution < -0.4 is 0 Å². The minimum absolute atomic E-state index is 0.00255. The van der Waals surface area contributed by atoms with E-state index in [0.717, 1.165) is 0 Å². The summed E-state index contributed by atoms with van der Waals surface area (Å²) in [5, 5.41) is 18.1. The standard InChI is InChI=1S/C7H14O3/c1-4-6(3-8)10-5(2)7(4)9/h4-9H,3H2,1-2H3/t4-,5?,6+,7?/m0/s1. The first-order chi connectivity index (χ1) is 4.66. The molecule has 2 N–H and O–H groups in total. The van der Waals surface area contributed by atoms with E-state index in [-0.39, 0.29) is 24.7 Å². The number of aliphatic hydroxyl groups excluding tert-OH is 2. The van der Waals surface area contributed by atoms with E-state index in [4.69, 9.17) is 9.84 Å². The first kappa shape index (κ1) is 7.98. The summed E-state index contributed by atoms with van der Waals surface area (Å²) >= 11 is 0. The summed E-state index contributed by atoms with van der Waals surface area (Å²) in [7, 11) is 0. The Kier molecular flexibility index (Phi) is 2.28. The van der Waals surface area contributed by atoms with Gasteiger partial charge in [0.2, 0.25) is 0 Å². The quantitative estimate of drug-likeness (QED) is 0.537. The van der Waals surface area contributed by atoms with Crippen LogP contribution in [0.25, 0.3) is 0 Å². The highest BCUT2D eigenvalue weighted by Crippen LogP contribution is 2.25. The molecule has 1 rings (SSSR count). The van der Waals surface area contributed by atoms with Crippen LogP contribution in [0.1, 0.15) is 13.8 Å². The van der Waals surface area contributed by atoms with Gasteiger partial charge in [0.15, 0.2) is 0 Å². The average molecular weight is 146 g/mol. The highest BCUT2D eigenvalue weighted by molar-refractivity contribution is 4.84. The minimum Gasteiger partial charge on any atom is -0.394 e. The van der Waals surface area contributed by atoms with Gasteiger partial charge in [-0.25, -0.2) is 0 Å². The van der Waals surface area contributed by atoms with Crippen LogP contribution in [0.3, 0.4) is 0 Å². The van der Waals surface area contributed by atoms with Gasteiger partial charge >= 0.3 is 0 Å². The van der Waals surface area contributed by atoms with Gasteiger partial charge < -0.3 is 14.9 Å². The SMILES string of the molecule is CC1O[C@H](CO)[C@H](C)C1O. The molecule has 3 nitrogen and oxygen atoms in total. The summed E-state index contributed by atoms with van der Waals surface area (Å²) in [4.78, 5) is 0. The Morgan fingerprint density at radius 1 is 1.40 bits per heavy atom. The third-order valence-corrected chi connectivity index (χ3v) is 2.18. The molecule has 60 valence electrons. The summed E-state index contributed by atoms with van der Waals surface area (Å²) in [6.07, 6.45) is -0.728. The normalized spacial score (nSPS) is 48.0. The van der Waals surface area contributed by atoms with Gasteiger partial charge in [-0.15, -0.1) is 0 Å². The van der Waals surface area contributed by atoms with Crippen LogP contribution in [0, 0.1) is 5.92 Å². The summed E-state index contributed by atoms with van der Waals surface area (Å²) in [5.41, 5.74) is 0. The Morgan fingerprint density at radius 2 is 2.00 bits per heavy atom. The number of hydrogen-bond donors (Lipinski definition) is 2. The molecule has 1 aliphatic heterocycles. The smallest absolute Gasteiger partial charge is 0.0861 e. The maximum absolute atomic E-state index is 9.33. The van der Waals surface area contributed by atoms with Crippen molar-refractivity contribution in [1.29, 1.82) is 0 Å². The van der Waals surface area contributed by atoms with Gasteiger partial charge in [0.1, 0.15) is 0 Å². The van der Waals surface area contributed by atoms with Gasteiger partial charge in [0.05, 0.1) is 24.9 Å². The van der Waals surface area contributed by atoms with Crippen LogP contribution in [-0.2, 0) is 4.74 Å². The Bertz CT molecular complexity index is 115. The number of rotatable bonds is 1. The lowest BCUT2D eigenvalue weighted by atomic mass is 10.00. The molecular formula is C7H14O3. The zero-order chi connectivity index (χ0) is 7.72. The fraction of sp³-hybridized carbons (Fsp3) is 1.00. The molecule has 1 fully saturated rings. The lowest BCUT2D eigenvalue weighted by molar-refractivity contribution is -0.00171. The molecule has 1 heterocycles. The Labute approximate surface area is 60.6 Å². The highest BCUT2D eigenvalue weighted by Gasteiger charge is 2.37. The lowest BCUT2D eigenvalue weighted by Crippen LogP contribution is -2.24. The Balaban J connectivity index is 2.53. The molecule has 0 amide bonds. The molecule has 0 saturated carbocycles. The second-order valence-electron chi connectivity index (χ2n) is 2.91. The third-order valence-electron chi connectivity index (χ3n) is 2.18. The van der Waals surface area contributed by atoms with Crippen molar-refractivity contribution in [3.05, 3.63) is 0 Å². The zero-order valence-corrected chi connectivity index (χ0v) is 6.32. The molecule has 1 aliphatic rings. The van der Waals surface area contributed by atoms with Crippen LogP contribution in [0.2, 0.25) is 0 Å². The molecule has 0 radical (unpaired) electrons. The lowest BCUT2D eigenvalue weighted by Gasteiger charge is -2.11. The van der Waals surface area contributed by atoms with E-state index in [1.165, 1.54) is 0 Å². The van der Waals surface area contributed by atoms with E-state index in [2.05, 4.69) is 0 Å². The molecule has 0 spiro atoms. The predicted molar refractivity (Wildman–Crippen MR) is 36.6 cm³/mol. The van der Waals surface area contributed by atoms with E-state index in [9.17, 15) is 5.11 Å². The fourth-order valence-corrected chi connectivity index (χ4v) is 1.34. The summed E-state index contributed by atoms with van der Waals surface area (Å²) in [6, 6.07) is 0. The van der Waals surface area contributed by atoms with Crippen molar-refractivity contribution in [2.45, 2.75) is 32.2 Å². The van der Waals surface area contributed by atoms with Crippen molar-refractivity contribution in [2.24, 2.45) is 5.92 Å². The van der Waals surface area contributed by atoms with Crippen LogP contribution in [0.4, 0.5) is 0 Å². The van der Waals surface area contributed by atoms with Crippen LogP contribution in [0.5, 0.6) is 0 Å². The molecule has 0 aromatic carbocycles. The Hall–Kier alpha value is -0.120. The second kappa shape index (κ2) is 2.86. The van der Waals surface area contributed by atoms with E-state index >= 15 is 0 Å².